The van der Waals surface area contributed by atoms with Gasteiger partial charge in [-0.3, -0.25) is 4.79 Å². The van der Waals surface area contributed by atoms with Crippen molar-refractivity contribution in [3.8, 4) is 0 Å². The van der Waals surface area contributed by atoms with Gasteiger partial charge in [0, 0.05) is 31.9 Å². The molecule has 0 aliphatic heterocycles. The van der Waals surface area contributed by atoms with Crippen LogP contribution in [0.4, 0.5) is 22.0 Å². The zero-order valence-corrected chi connectivity index (χ0v) is 8.85. The molecule has 0 N–H and O–H groups in total. The first-order valence-electron chi connectivity index (χ1n) is 4.20. The fourth-order valence-electron chi connectivity index (χ4n) is 0.794. The molecule has 0 aromatic carbocycles. The second-order valence-electron chi connectivity index (χ2n) is 3.06. The van der Waals surface area contributed by atoms with Crippen LogP contribution in [0.1, 0.15) is 26.2 Å². The van der Waals surface area contributed by atoms with E-state index in [-0.39, 0.29) is 10.9 Å². The van der Waals surface area contributed by atoms with E-state index in [1.165, 1.54) is 6.92 Å². The van der Waals surface area contributed by atoms with Gasteiger partial charge in [-0.05, 0) is 0 Å². The van der Waals surface area contributed by atoms with Crippen molar-refractivity contribution >= 4 is 16.9 Å². The average Bonchev–Trinajstić information content (AvgIpc) is 1.99. The van der Waals surface area contributed by atoms with Gasteiger partial charge in [-0.1, -0.05) is 11.8 Å². The smallest absolute Gasteiger partial charge is 0.288 e. The summed E-state index contributed by atoms with van der Waals surface area (Å²) in [6.45, 7) is 1.22. The van der Waals surface area contributed by atoms with Gasteiger partial charge in [0.2, 0.25) is 5.92 Å². The third-order valence-corrected chi connectivity index (χ3v) is 2.36. The third-order valence-electron chi connectivity index (χ3n) is 1.55. The number of halogens is 5. The van der Waals surface area contributed by atoms with Gasteiger partial charge in [0.15, 0.2) is 5.12 Å². The Kier molecular flexibility index (Phi) is 5.55. The summed E-state index contributed by atoms with van der Waals surface area (Å²) in [7, 11) is 0. The fraction of sp³-hybridized carbons (Fsp3) is 0.875. The maximum absolute atomic E-state index is 12.8. The van der Waals surface area contributed by atoms with E-state index < -0.39 is 31.4 Å². The highest BCUT2D eigenvalue weighted by atomic mass is 32.2. The molecule has 0 fully saturated rings. The minimum absolute atomic E-state index is 0.153. The van der Waals surface area contributed by atoms with Crippen LogP contribution in [-0.4, -0.2) is 23.0 Å². The number of rotatable bonds is 5. The molecule has 0 amide bonds. The second-order valence-corrected chi connectivity index (χ2v) is 4.33. The molecular weight excluding hydrogens is 239 g/mol. The molecule has 0 radical (unpaired) electrons. The molecule has 0 spiro atoms. The summed E-state index contributed by atoms with van der Waals surface area (Å²) in [4.78, 5) is 10.4. The van der Waals surface area contributed by atoms with Gasteiger partial charge in [-0.2, -0.15) is 13.2 Å². The number of carbonyl (C=O) groups is 1. The van der Waals surface area contributed by atoms with Crippen molar-refractivity contribution < 1.29 is 26.7 Å². The summed E-state index contributed by atoms with van der Waals surface area (Å²) in [5, 5.41) is -0.318. The van der Waals surface area contributed by atoms with Gasteiger partial charge < -0.3 is 0 Å². The lowest BCUT2D eigenvalue weighted by atomic mass is 10.1. The Morgan fingerprint density at radius 2 is 1.60 bits per heavy atom. The summed E-state index contributed by atoms with van der Waals surface area (Å²) in [5.41, 5.74) is 0. The molecule has 0 aromatic heterocycles. The first-order valence-corrected chi connectivity index (χ1v) is 5.19. The number of hydrogen-bond acceptors (Lipinski definition) is 2. The normalized spacial score (nSPS) is 12.9. The van der Waals surface area contributed by atoms with Crippen molar-refractivity contribution in [3.63, 3.8) is 0 Å². The van der Waals surface area contributed by atoms with E-state index in [1.54, 1.807) is 0 Å². The monoisotopic (exact) mass is 250 g/mol. The molecule has 90 valence electrons. The Labute approximate surface area is 88.4 Å². The molecule has 0 aliphatic carbocycles. The molecule has 15 heavy (non-hydrogen) atoms. The van der Waals surface area contributed by atoms with Crippen molar-refractivity contribution in [2.45, 2.75) is 38.3 Å². The van der Waals surface area contributed by atoms with E-state index in [2.05, 4.69) is 0 Å². The first kappa shape index (κ1) is 14.7. The molecule has 0 bridgehead atoms. The van der Waals surface area contributed by atoms with Crippen molar-refractivity contribution in [3.05, 3.63) is 0 Å². The van der Waals surface area contributed by atoms with Crippen LogP contribution in [0.25, 0.3) is 0 Å². The van der Waals surface area contributed by atoms with Crippen LogP contribution >= 0.6 is 11.8 Å². The Hall–Kier alpha value is -0.330. The van der Waals surface area contributed by atoms with Crippen LogP contribution < -0.4 is 0 Å². The molecule has 0 heterocycles. The summed E-state index contributed by atoms with van der Waals surface area (Å²) >= 11 is 0.691. The van der Waals surface area contributed by atoms with Gasteiger partial charge >= 0.3 is 6.18 Å². The van der Waals surface area contributed by atoms with E-state index in [1.807, 2.05) is 0 Å². The van der Waals surface area contributed by atoms with E-state index in [0.717, 1.165) is 0 Å². The molecule has 0 saturated carbocycles. The Balaban J connectivity index is 3.81. The summed E-state index contributed by atoms with van der Waals surface area (Å²) in [6.07, 6.45) is -7.97. The molecule has 0 saturated heterocycles. The molecule has 0 aliphatic rings. The molecule has 1 nitrogen and oxygen atoms in total. The van der Waals surface area contributed by atoms with Crippen LogP contribution in [0.5, 0.6) is 0 Å². The second kappa shape index (κ2) is 5.67. The molecule has 0 unspecified atom stereocenters. The summed E-state index contributed by atoms with van der Waals surface area (Å²) in [5.74, 6) is -3.50. The van der Waals surface area contributed by atoms with Crippen LogP contribution in [0, 0.1) is 0 Å². The molecule has 0 rings (SSSR count). The number of thioether (sulfide) groups is 1. The van der Waals surface area contributed by atoms with Crippen LogP contribution in [0.2, 0.25) is 0 Å². The maximum Gasteiger partial charge on any atom is 0.389 e. The zero-order valence-electron chi connectivity index (χ0n) is 8.03. The number of carbonyl (C=O) groups excluding carboxylic acids is 1. The molecule has 0 aromatic rings. The first-order chi connectivity index (χ1) is 6.62. The number of hydrogen-bond donors (Lipinski definition) is 0. The molecule has 7 heteroatoms. The topological polar surface area (TPSA) is 17.1 Å². The van der Waals surface area contributed by atoms with Crippen LogP contribution in [0.15, 0.2) is 0 Å². The predicted octanol–water partition coefficient (Wildman–Crippen LogP) is 3.63. The Morgan fingerprint density at radius 1 is 1.07 bits per heavy atom. The Bertz CT molecular complexity index is 214. The summed E-state index contributed by atoms with van der Waals surface area (Å²) < 4.78 is 60.5. The highest BCUT2D eigenvalue weighted by Gasteiger charge is 2.36. The van der Waals surface area contributed by atoms with Gasteiger partial charge in [0.25, 0.3) is 0 Å². The van der Waals surface area contributed by atoms with Crippen molar-refractivity contribution in [1.82, 2.24) is 0 Å². The number of alkyl halides is 5. The highest BCUT2D eigenvalue weighted by Crippen LogP contribution is 2.32. The SMILES string of the molecule is CC(=O)SCCC(F)(F)CCC(F)(F)F. The minimum atomic E-state index is -4.56. The van der Waals surface area contributed by atoms with E-state index in [4.69, 9.17) is 0 Å². The van der Waals surface area contributed by atoms with Crippen LogP contribution in [-0.2, 0) is 4.79 Å². The van der Waals surface area contributed by atoms with Crippen molar-refractivity contribution in [1.29, 1.82) is 0 Å². The fourth-order valence-corrected chi connectivity index (χ4v) is 1.48. The lowest BCUT2D eigenvalue weighted by Gasteiger charge is -2.16. The van der Waals surface area contributed by atoms with E-state index in [9.17, 15) is 26.7 Å². The predicted molar refractivity (Wildman–Crippen MR) is 48.0 cm³/mol. The van der Waals surface area contributed by atoms with Crippen molar-refractivity contribution in [2.24, 2.45) is 0 Å². The third kappa shape index (κ3) is 9.96. The lowest BCUT2D eigenvalue weighted by Crippen LogP contribution is -2.21. The summed E-state index contributed by atoms with van der Waals surface area (Å²) in [6, 6.07) is 0. The highest BCUT2D eigenvalue weighted by molar-refractivity contribution is 8.13. The molecular formula is C8H11F5OS. The van der Waals surface area contributed by atoms with Gasteiger partial charge in [0.1, 0.15) is 0 Å². The van der Waals surface area contributed by atoms with Crippen LogP contribution in [0.3, 0.4) is 0 Å². The standard InChI is InChI=1S/C8H11F5OS/c1-6(14)15-5-4-7(9,10)2-3-8(11,12)13/h2-5H2,1H3. The van der Waals surface area contributed by atoms with E-state index in [0.29, 0.717) is 11.8 Å². The van der Waals surface area contributed by atoms with Gasteiger partial charge in [-0.25, -0.2) is 8.78 Å². The van der Waals surface area contributed by atoms with E-state index >= 15 is 0 Å². The van der Waals surface area contributed by atoms with Gasteiger partial charge in [-0.15, -0.1) is 0 Å². The largest absolute Gasteiger partial charge is 0.389 e. The quantitative estimate of drug-likeness (QED) is 0.693. The van der Waals surface area contributed by atoms with Gasteiger partial charge in [0.05, 0.1) is 0 Å². The Morgan fingerprint density at radius 3 is 2.00 bits per heavy atom. The minimum Gasteiger partial charge on any atom is -0.288 e. The lowest BCUT2D eigenvalue weighted by molar-refractivity contribution is -0.151. The van der Waals surface area contributed by atoms with Crippen molar-refractivity contribution in [2.75, 3.05) is 5.75 Å². The maximum atomic E-state index is 12.8. The average molecular weight is 250 g/mol. The zero-order chi connectivity index (χ0) is 12.1. The molecule has 0 atom stereocenters.